The molecule has 0 unspecified atom stereocenters. The van der Waals surface area contributed by atoms with Gasteiger partial charge in [-0.3, -0.25) is 4.79 Å². The van der Waals surface area contributed by atoms with Crippen LogP contribution in [0.25, 0.3) is 11.4 Å². The summed E-state index contributed by atoms with van der Waals surface area (Å²) >= 11 is 9.89. The zero-order chi connectivity index (χ0) is 19.7. The molecule has 5 nitrogen and oxygen atoms in total. The highest BCUT2D eigenvalue weighted by atomic mass is 79.9. The largest absolute Gasteiger partial charge is 0.322 e. The van der Waals surface area contributed by atoms with Crippen LogP contribution in [0, 0.1) is 6.92 Å². The van der Waals surface area contributed by atoms with Gasteiger partial charge >= 0.3 is 0 Å². The molecule has 0 atom stereocenters. The Bertz CT molecular complexity index is 1050. The summed E-state index contributed by atoms with van der Waals surface area (Å²) in [5.41, 5.74) is 3.00. The summed E-state index contributed by atoms with van der Waals surface area (Å²) in [5, 5.41) is 12.3. The van der Waals surface area contributed by atoms with Crippen LogP contribution in [0.3, 0.4) is 0 Å². The Morgan fingerprint density at radius 2 is 2.00 bits per heavy atom. The Kier molecular flexibility index (Phi) is 5.51. The third kappa shape index (κ3) is 3.84. The number of fused-ring (bicyclic) bond motifs is 1. The molecule has 2 aromatic carbocycles. The highest BCUT2D eigenvalue weighted by molar-refractivity contribution is 9.10. The van der Waals surface area contributed by atoms with Crippen LogP contribution in [0.15, 0.2) is 40.9 Å². The molecule has 1 aromatic heterocycles. The van der Waals surface area contributed by atoms with Crippen LogP contribution in [0.1, 0.15) is 41.0 Å². The zero-order valence-corrected chi connectivity index (χ0v) is 17.8. The maximum Gasteiger partial charge on any atom is 0.255 e. The van der Waals surface area contributed by atoms with Crippen LogP contribution in [0.5, 0.6) is 0 Å². The zero-order valence-electron chi connectivity index (χ0n) is 15.5. The van der Waals surface area contributed by atoms with Crippen molar-refractivity contribution in [2.45, 2.75) is 39.2 Å². The first-order chi connectivity index (χ1) is 13.5. The van der Waals surface area contributed by atoms with Crippen molar-refractivity contribution >= 4 is 39.1 Å². The number of nitrogens with one attached hydrogen (secondary N) is 1. The van der Waals surface area contributed by atoms with Gasteiger partial charge in [0.15, 0.2) is 5.82 Å². The number of hydrogen-bond donors (Lipinski definition) is 1. The van der Waals surface area contributed by atoms with Crippen molar-refractivity contribution in [1.29, 1.82) is 0 Å². The first-order valence-corrected chi connectivity index (χ1v) is 10.5. The van der Waals surface area contributed by atoms with E-state index in [0.29, 0.717) is 16.3 Å². The molecular formula is C21H20BrClN4O. The molecule has 1 N–H and O–H groups in total. The van der Waals surface area contributed by atoms with Gasteiger partial charge in [-0.2, -0.15) is 0 Å². The van der Waals surface area contributed by atoms with Crippen molar-refractivity contribution in [3.63, 3.8) is 0 Å². The monoisotopic (exact) mass is 458 g/mol. The van der Waals surface area contributed by atoms with Gasteiger partial charge in [0.25, 0.3) is 5.91 Å². The van der Waals surface area contributed by atoms with Crippen LogP contribution in [0.4, 0.5) is 5.69 Å². The van der Waals surface area contributed by atoms with E-state index in [1.54, 1.807) is 12.1 Å². The molecule has 0 saturated carbocycles. The SMILES string of the molecule is Cc1cc(Br)ccc1C(=O)Nc1ccc(Cl)c(-c2nnc3n2CCCCC3)c1. The molecule has 0 aliphatic carbocycles. The number of anilines is 1. The maximum absolute atomic E-state index is 12.7. The van der Waals surface area contributed by atoms with Crippen LogP contribution in [0.2, 0.25) is 5.02 Å². The van der Waals surface area contributed by atoms with Crippen molar-refractivity contribution in [1.82, 2.24) is 14.8 Å². The van der Waals surface area contributed by atoms with Gasteiger partial charge in [0.2, 0.25) is 0 Å². The van der Waals surface area contributed by atoms with Gasteiger partial charge in [0, 0.05) is 34.3 Å². The minimum Gasteiger partial charge on any atom is -0.322 e. The molecule has 144 valence electrons. The highest BCUT2D eigenvalue weighted by Gasteiger charge is 2.19. The van der Waals surface area contributed by atoms with E-state index >= 15 is 0 Å². The smallest absolute Gasteiger partial charge is 0.255 e. The standard InChI is InChI=1S/C21H20BrClN4O/c1-13-11-14(22)6-8-16(13)21(28)24-15-7-9-18(23)17(12-15)20-26-25-19-5-3-2-4-10-27(19)20/h6-9,11-12H,2-5,10H2,1H3,(H,24,28). The van der Waals surface area contributed by atoms with E-state index in [-0.39, 0.29) is 5.91 Å². The summed E-state index contributed by atoms with van der Waals surface area (Å²) in [6.45, 7) is 2.81. The lowest BCUT2D eigenvalue weighted by atomic mass is 10.1. The second-order valence-electron chi connectivity index (χ2n) is 7.01. The summed E-state index contributed by atoms with van der Waals surface area (Å²) in [7, 11) is 0. The topological polar surface area (TPSA) is 59.8 Å². The average molecular weight is 460 g/mol. The number of carbonyl (C=O) groups excluding carboxylic acids is 1. The normalized spacial score (nSPS) is 13.7. The number of benzene rings is 2. The Hall–Kier alpha value is -2.18. The van der Waals surface area contributed by atoms with Crippen molar-refractivity contribution in [2.24, 2.45) is 0 Å². The predicted molar refractivity (Wildman–Crippen MR) is 115 cm³/mol. The van der Waals surface area contributed by atoms with Crippen molar-refractivity contribution in [3.8, 4) is 11.4 Å². The second-order valence-corrected chi connectivity index (χ2v) is 8.33. The fourth-order valence-electron chi connectivity index (χ4n) is 3.54. The summed E-state index contributed by atoms with van der Waals surface area (Å²) in [6, 6.07) is 11.1. The average Bonchev–Trinajstić information content (AvgIpc) is 2.91. The number of carbonyl (C=O) groups is 1. The minimum atomic E-state index is -0.154. The Morgan fingerprint density at radius 3 is 2.82 bits per heavy atom. The van der Waals surface area contributed by atoms with E-state index in [2.05, 4.69) is 36.0 Å². The molecule has 0 spiro atoms. The van der Waals surface area contributed by atoms with E-state index in [9.17, 15) is 4.79 Å². The lowest BCUT2D eigenvalue weighted by Crippen LogP contribution is -2.13. The second kappa shape index (κ2) is 8.05. The van der Waals surface area contributed by atoms with Gasteiger partial charge in [-0.15, -0.1) is 10.2 Å². The Labute approximate surface area is 177 Å². The Morgan fingerprint density at radius 1 is 1.14 bits per heavy atom. The molecule has 1 aliphatic rings. The van der Waals surface area contributed by atoms with E-state index < -0.39 is 0 Å². The molecule has 7 heteroatoms. The summed E-state index contributed by atoms with van der Waals surface area (Å²) in [4.78, 5) is 12.7. The minimum absolute atomic E-state index is 0.154. The summed E-state index contributed by atoms with van der Waals surface area (Å²) < 4.78 is 3.10. The number of rotatable bonds is 3. The molecule has 4 rings (SSSR count). The number of amides is 1. The molecule has 28 heavy (non-hydrogen) atoms. The quantitative estimate of drug-likeness (QED) is 0.551. The van der Waals surface area contributed by atoms with Gasteiger partial charge in [0.05, 0.1) is 5.02 Å². The highest BCUT2D eigenvalue weighted by Crippen LogP contribution is 2.31. The third-order valence-electron chi connectivity index (χ3n) is 5.01. The number of aryl methyl sites for hydroxylation is 2. The predicted octanol–water partition coefficient (Wildman–Crippen LogP) is 5.65. The maximum atomic E-state index is 12.7. The van der Waals surface area contributed by atoms with Gasteiger partial charge in [-0.25, -0.2) is 0 Å². The van der Waals surface area contributed by atoms with E-state index in [0.717, 1.165) is 53.1 Å². The van der Waals surface area contributed by atoms with E-state index in [1.807, 2.05) is 31.2 Å². The van der Waals surface area contributed by atoms with Crippen molar-refractivity contribution in [3.05, 3.63) is 62.8 Å². The lowest BCUT2D eigenvalue weighted by Gasteiger charge is -2.12. The summed E-state index contributed by atoms with van der Waals surface area (Å²) in [5.74, 6) is 1.61. The van der Waals surface area contributed by atoms with Crippen LogP contribution in [-0.4, -0.2) is 20.7 Å². The number of nitrogens with zero attached hydrogens (tertiary/aromatic N) is 3. The van der Waals surface area contributed by atoms with Gasteiger partial charge < -0.3 is 9.88 Å². The van der Waals surface area contributed by atoms with Crippen molar-refractivity contribution < 1.29 is 4.79 Å². The lowest BCUT2D eigenvalue weighted by molar-refractivity contribution is 0.102. The van der Waals surface area contributed by atoms with Crippen LogP contribution in [-0.2, 0) is 13.0 Å². The molecule has 0 bridgehead atoms. The third-order valence-corrected chi connectivity index (χ3v) is 5.83. The molecule has 1 aliphatic heterocycles. The van der Waals surface area contributed by atoms with Crippen LogP contribution >= 0.6 is 27.5 Å². The first kappa shape index (κ1) is 19.2. The number of hydrogen-bond acceptors (Lipinski definition) is 3. The summed E-state index contributed by atoms with van der Waals surface area (Å²) in [6.07, 6.45) is 4.37. The van der Waals surface area contributed by atoms with Crippen molar-refractivity contribution in [2.75, 3.05) is 5.32 Å². The Balaban J connectivity index is 1.65. The first-order valence-electron chi connectivity index (χ1n) is 9.32. The molecular weight excluding hydrogens is 440 g/mol. The van der Waals surface area contributed by atoms with Crippen LogP contribution < -0.4 is 5.32 Å². The van der Waals surface area contributed by atoms with Gasteiger partial charge in [0.1, 0.15) is 5.82 Å². The molecule has 3 aromatic rings. The fraction of sp³-hybridized carbons (Fsp3) is 0.286. The van der Waals surface area contributed by atoms with E-state index in [4.69, 9.17) is 11.6 Å². The molecule has 2 heterocycles. The molecule has 1 amide bonds. The molecule has 0 radical (unpaired) electrons. The van der Waals surface area contributed by atoms with E-state index in [1.165, 1.54) is 6.42 Å². The van der Waals surface area contributed by atoms with Gasteiger partial charge in [-0.05, 0) is 61.7 Å². The number of aromatic nitrogens is 3. The van der Waals surface area contributed by atoms with Gasteiger partial charge in [-0.1, -0.05) is 34.0 Å². The molecule has 0 saturated heterocycles. The fourth-order valence-corrected chi connectivity index (χ4v) is 4.22. The number of halogens is 2. The molecule has 0 fully saturated rings.